The van der Waals surface area contributed by atoms with E-state index in [1.54, 1.807) is 18.0 Å². The maximum atomic E-state index is 5.80. The van der Waals surface area contributed by atoms with E-state index < -0.39 is 0 Å². The zero-order valence-corrected chi connectivity index (χ0v) is 9.68. The van der Waals surface area contributed by atoms with Crippen molar-refractivity contribution in [1.29, 1.82) is 0 Å². The molecule has 1 rings (SSSR count). The fourth-order valence-corrected chi connectivity index (χ4v) is 2.30. The Morgan fingerprint density at radius 3 is 3.00 bits per heavy atom. The summed E-state index contributed by atoms with van der Waals surface area (Å²) in [6, 6.07) is 3.77. The molecule has 1 unspecified atom stereocenters. The standard InChI is InChI=1S/C11H18N2S/c1-3-5-9(2)8-14-11-10(12)6-4-7-13-11/h4,6-7,9H,3,5,8,12H2,1-2H3. The molecule has 0 aromatic carbocycles. The minimum atomic E-state index is 0.742. The zero-order chi connectivity index (χ0) is 10.4. The summed E-state index contributed by atoms with van der Waals surface area (Å²) in [7, 11) is 0. The first-order valence-electron chi connectivity index (χ1n) is 5.07. The molecule has 0 amide bonds. The topological polar surface area (TPSA) is 38.9 Å². The van der Waals surface area contributed by atoms with Crippen molar-refractivity contribution in [3.63, 3.8) is 0 Å². The van der Waals surface area contributed by atoms with Crippen LogP contribution in [0.5, 0.6) is 0 Å². The van der Waals surface area contributed by atoms with Gasteiger partial charge in [0.15, 0.2) is 0 Å². The van der Waals surface area contributed by atoms with Gasteiger partial charge in [-0.15, -0.1) is 11.8 Å². The summed E-state index contributed by atoms with van der Waals surface area (Å²) in [5.41, 5.74) is 6.59. The molecule has 1 aromatic heterocycles. The predicted molar refractivity (Wildman–Crippen MR) is 63.4 cm³/mol. The first kappa shape index (κ1) is 11.4. The third-order valence-electron chi connectivity index (χ3n) is 2.09. The molecule has 0 aliphatic rings. The summed E-state index contributed by atoms with van der Waals surface area (Å²) in [4.78, 5) is 4.25. The number of hydrogen-bond donors (Lipinski definition) is 1. The SMILES string of the molecule is CCCC(C)CSc1ncccc1N. The predicted octanol–water partition coefficient (Wildman–Crippen LogP) is 3.19. The number of hydrogen-bond acceptors (Lipinski definition) is 3. The molecule has 0 spiro atoms. The van der Waals surface area contributed by atoms with E-state index in [0.29, 0.717) is 0 Å². The fraction of sp³-hybridized carbons (Fsp3) is 0.545. The Bertz CT molecular complexity index is 276. The summed E-state index contributed by atoms with van der Waals surface area (Å²) in [6.07, 6.45) is 4.32. The summed E-state index contributed by atoms with van der Waals surface area (Å²) >= 11 is 1.76. The Balaban J connectivity index is 2.41. The maximum absolute atomic E-state index is 5.80. The van der Waals surface area contributed by atoms with Crippen LogP contribution in [0, 0.1) is 5.92 Å². The highest BCUT2D eigenvalue weighted by molar-refractivity contribution is 7.99. The van der Waals surface area contributed by atoms with Crippen molar-refractivity contribution in [2.75, 3.05) is 11.5 Å². The van der Waals surface area contributed by atoms with Gasteiger partial charge in [0.1, 0.15) is 5.03 Å². The number of nitrogen functional groups attached to an aromatic ring is 1. The Kier molecular flexibility index (Phi) is 4.80. The average Bonchev–Trinajstić information content (AvgIpc) is 2.17. The van der Waals surface area contributed by atoms with Gasteiger partial charge in [0.25, 0.3) is 0 Å². The maximum Gasteiger partial charge on any atom is 0.119 e. The van der Waals surface area contributed by atoms with E-state index in [4.69, 9.17) is 5.73 Å². The molecule has 0 fully saturated rings. The summed E-state index contributed by atoms with van der Waals surface area (Å²) in [6.45, 7) is 4.49. The molecule has 14 heavy (non-hydrogen) atoms. The molecular weight excluding hydrogens is 192 g/mol. The lowest BCUT2D eigenvalue weighted by Crippen LogP contribution is -1.99. The van der Waals surface area contributed by atoms with Crippen molar-refractivity contribution in [3.05, 3.63) is 18.3 Å². The lowest BCUT2D eigenvalue weighted by Gasteiger charge is -2.09. The number of anilines is 1. The van der Waals surface area contributed by atoms with Gasteiger partial charge in [-0.05, 0) is 18.1 Å². The Morgan fingerprint density at radius 1 is 1.57 bits per heavy atom. The van der Waals surface area contributed by atoms with Crippen LogP contribution in [0.4, 0.5) is 5.69 Å². The highest BCUT2D eigenvalue weighted by atomic mass is 32.2. The van der Waals surface area contributed by atoms with Crippen LogP contribution in [0.15, 0.2) is 23.4 Å². The fourth-order valence-electron chi connectivity index (χ4n) is 1.32. The van der Waals surface area contributed by atoms with E-state index in [0.717, 1.165) is 22.4 Å². The van der Waals surface area contributed by atoms with Gasteiger partial charge in [-0.1, -0.05) is 26.7 Å². The van der Waals surface area contributed by atoms with Crippen LogP contribution in [-0.2, 0) is 0 Å². The average molecular weight is 210 g/mol. The normalized spacial score (nSPS) is 12.7. The third-order valence-corrected chi connectivity index (χ3v) is 3.44. The summed E-state index contributed by atoms with van der Waals surface area (Å²) in [5.74, 6) is 1.85. The van der Waals surface area contributed by atoms with Crippen molar-refractivity contribution in [3.8, 4) is 0 Å². The van der Waals surface area contributed by atoms with Crippen molar-refractivity contribution in [2.45, 2.75) is 31.7 Å². The van der Waals surface area contributed by atoms with Gasteiger partial charge in [-0.3, -0.25) is 0 Å². The molecule has 78 valence electrons. The minimum Gasteiger partial charge on any atom is -0.397 e. The molecule has 1 heterocycles. The Hall–Kier alpha value is -0.700. The quantitative estimate of drug-likeness (QED) is 0.759. The summed E-state index contributed by atoms with van der Waals surface area (Å²) < 4.78 is 0. The molecule has 0 aliphatic heterocycles. The molecule has 0 bridgehead atoms. The minimum absolute atomic E-state index is 0.742. The Morgan fingerprint density at radius 2 is 2.36 bits per heavy atom. The summed E-state index contributed by atoms with van der Waals surface area (Å²) in [5, 5.41) is 0.968. The van der Waals surface area contributed by atoms with Crippen molar-refractivity contribution >= 4 is 17.4 Å². The number of thioether (sulfide) groups is 1. The van der Waals surface area contributed by atoms with Gasteiger partial charge in [-0.25, -0.2) is 4.98 Å². The number of rotatable bonds is 5. The first-order chi connectivity index (χ1) is 6.74. The molecule has 0 saturated heterocycles. The van der Waals surface area contributed by atoms with Crippen LogP contribution in [-0.4, -0.2) is 10.7 Å². The second-order valence-electron chi connectivity index (χ2n) is 3.60. The molecule has 3 heteroatoms. The second kappa shape index (κ2) is 5.91. The van der Waals surface area contributed by atoms with Gasteiger partial charge in [0.2, 0.25) is 0 Å². The molecule has 2 nitrogen and oxygen atoms in total. The second-order valence-corrected chi connectivity index (χ2v) is 4.61. The highest BCUT2D eigenvalue weighted by Gasteiger charge is 2.04. The zero-order valence-electron chi connectivity index (χ0n) is 8.86. The molecule has 0 radical (unpaired) electrons. The largest absolute Gasteiger partial charge is 0.397 e. The number of nitrogens with two attached hydrogens (primary N) is 1. The van der Waals surface area contributed by atoms with Crippen molar-refractivity contribution in [2.24, 2.45) is 5.92 Å². The lowest BCUT2D eigenvalue weighted by atomic mass is 10.1. The van der Waals surface area contributed by atoms with E-state index >= 15 is 0 Å². The van der Waals surface area contributed by atoms with Crippen LogP contribution in [0.3, 0.4) is 0 Å². The number of nitrogens with zero attached hydrogens (tertiary/aromatic N) is 1. The van der Waals surface area contributed by atoms with Crippen LogP contribution in [0.25, 0.3) is 0 Å². The van der Waals surface area contributed by atoms with Crippen LogP contribution in [0.2, 0.25) is 0 Å². The van der Waals surface area contributed by atoms with E-state index in [1.807, 2.05) is 12.1 Å². The van der Waals surface area contributed by atoms with Crippen LogP contribution in [0.1, 0.15) is 26.7 Å². The molecule has 1 aromatic rings. The monoisotopic (exact) mass is 210 g/mol. The number of pyridine rings is 1. The van der Waals surface area contributed by atoms with Gasteiger partial charge in [0, 0.05) is 11.9 Å². The third kappa shape index (κ3) is 3.58. The van der Waals surface area contributed by atoms with E-state index in [-0.39, 0.29) is 0 Å². The van der Waals surface area contributed by atoms with Gasteiger partial charge in [-0.2, -0.15) is 0 Å². The van der Waals surface area contributed by atoms with E-state index in [2.05, 4.69) is 18.8 Å². The lowest BCUT2D eigenvalue weighted by molar-refractivity contribution is 0.585. The van der Waals surface area contributed by atoms with E-state index in [1.165, 1.54) is 12.8 Å². The smallest absolute Gasteiger partial charge is 0.119 e. The molecule has 1 atom stereocenters. The van der Waals surface area contributed by atoms with Crippen LogP contribution < -0.4 is 5.73 Å². The molecule has 0 saturated carbocycles. The van der Waals surface area contributed by atoms with E-state index in [9.17, 15) is 0 Å². The van der Waals surface area contributed by atoms with Gasteiger partial charge >= 0.3 is 0 Å². The van der Waals surface area contributed by atoms with Gasteiger partial charge < -0.3 is 5.73 Å². The molecular formula is C11H18N2S. The molecule has 2 N–H and O–H groups in total. The van der Waals surface area contributed by atoms with Gasteiger partial charge in [0.05, 0.1) is 5.69 Å². The number of aromatic nitrogens is 1. The van der Waals surface area contributed by atoms with Crippen LogP contribution >= 0.6 is 11.8 Å². The highest BCUT2D eigenvalue weighted by Crippen LogP contribution is 2.24. The first-order valence-corrected chi connectivity index (χ1v) is 6.06. The Labute approximate surface area is 90.3 Å². The van der Waals surface area contributed by atoms with Crippen molar-refractivity contribution < 1.29 is 0 Å². The van der Waals surface area contributed by atoms with Crippen molar-refractivity contribution in [1.82, 2.24) is 4.98 Å². The molecule has 0 aliphatic carbocycles.